The van der Waals surface area contributed by atoms with Crippen LogP contribution in [0.15, 0.2) is 42.5 Å². The summed E-state index contributed by atoms with van der Waals surface area (Å²) in [5.74, 6) is -1.68. The van der Waals surface area contributed by atoms with Gasteiger partial charge in [0.05, 0.1) is 16.7 Å². The number of aryl methyl sites for hydroxylation is 1. The van der Waals surface area contributed by atoms with Gasteiger partial charge in [-0.3, -0.25) is 19.3 Å². The second kappa shape index (κ2) is 8.56. The number of ether oxygens (including phenoxy) is 1. The highest BCUT2D eigenvalue weighted by atomic mass is 16.5. The van der Waals surface area contributed by atoms with E-state index in [-0.39, 0.29) is 34.8 Å². The van der Waals surface area contributed by atoms with Crippen molar-refractivity contribution in [2.75, 3.05) is 0 Å². The molecule has 0 bridgehead atoms. The summed E-state index contributed by atoms with van der Waals surface area (Å²) >= 11 is 0. The highest BCUT2D eigenvalue weighted by Gasteiger charge is 2.40. The molecule has 2 heterocycles. The van der Waals surface area contributed by atoms with Crippen molar-refractivity contribution in [3.05, 3.63) is 70.4 Å². The molecule has 1 N–H and O–H groups in total. The fraction of sp³-hybridized carbons (Fsp3) is 0.333. The minimum Gasteiger partial charge on any atom is -0.451 e. The van der Waals surface area contributed by atoms with E-state index in [0.717, 1.165) is 43.0 Å². The second-order valence-corrected chi connectivity index (χ2v) is 9.11. The predicted molar refractivity (Wildman–Crippen MR) is 126 cm³/mol. The molecule has 174 valence electrons. The summed E-state index contributed by atoms with van der Waals surface area (Å²) in [7, 11) is 0. The lowest BCUT2D eigenvalue weighted by Crippen LogP contribution is -2.40. The van der Waals surface area contributed by atoms with Crippen molar-refractivity contribution in [1.29, 1.82) is 0 Å². The number of rotatable bonds is 5. The summed E-state index contributed by atoms with van der Waals surface area (Å²) in [5, 5.41) is 0.775. The van der Waals surface area contributed by atoms with Gasteiger partial charge in [-0.25, -0.2) is 4.79 Å². The van der Waals surface area contributed by atoms with E-state index in [4.69, 9.17) is 4.74 Å². The minimum absolute atomic E-state index is 0.0893. The van der Waals surface area contributed by atoms with Crippen LogP contribution in [0.25, 0.3) is 10.9 Å². The maximum Gasteiger partial charge on any atom is 0.338 e. The number of hydrogen-bond acceptors (Lipinski definition) is 5. The number of esters is 1. The van der Waals surface area contributed by atoms with Gasteiger partial charge in [0.1, 0.15) is 0 Å². The number of nitrogens with zero attached hydrogens (tertiary/aromatic N) is 1. The number of aromatic amines is 1. The van der Waals surface area contributed by atoms with Gasteiger partial charge in [-0.1, -0.05) is 37.5 Å². The number of carbonyl (C=O) groups is 4. The maximum atomic E-state index is 13.1. The Morgan fingerprint density at radius 1 is 1.00 bits per heavy atom. The zero-order chi connectivity index (χ0) is 24.0. The molecule has 1 aromatic heterocycles. The van der Waals surface area contributed by atoms with Gasteiger partial charge < -0.3 is 9.72 Å². The van der Waals surface area contributed by atoms with Gasteiger partial charge in [0.25, 0.3) is 11.8 Å². The fourth-order valence-corrected chi connectivity index (χ4v) is 5.14. The molecule has 1 aliphatic heterocycles. The normalized spacial score (nSPS) is 17.2. The van der Waals surface area contributed by atoms with Crippen LogP contribution in [0.1, 0.15) is 86.2 Å². The number of imide groups is 1. The fourth-order valence-electron chi connectivity index (χ4n) is 5.14. The number of ketones is 1. The molecule has 1 fully saturated rings. The number of amides is 2. The molecule has 2 aromatic carbocycles. The highest BCUT2D eigenvalue weighted by molar-refractivity contribution is 6.22. The zero-order valence-electron chi connectivity index (χ0n) is 19.2. The average Bonchev–Trinajstić information content (AvgIpc) is 3.31. The Balaban J connectivity index is 1.35. The summed E-state index contributed by atoms with van der Waals surface area (Å²) in [6, 6.07) is 11.8. The molecule has 0 radical (unpaired) electrons. The van der Waals surface area contributed by atoms with Gasteiger partial charge in [-0.05, 0) is 51.0 Å². The highest BCUT2D eigenvalue weighted by Crippen LogP contribution is 2.32. The van der Waals surface area contributed by atoms with E-state index in [2.05, 4.69) is 4.98 Å². The standard InChI is InChI=1S/C27H26N2O5/c1-15-23(20-10-6-7-11-22(20)28-15)24(30)16(2)34-27(33)17-12-13-19-21(14-17)26(32)29(25(19)31)18-8-4-3-5-9-18/h6-7,10-14,16,18,28H,3-5,8-9H2,1-2H3/t16-/m0/s1. The lowest BCUT2D eigenvalue weighted by atomic mass is 9.94. The SMILES string of the molecule is Cc1[nH]c2ccccc2c1C(=O)[C@H](C)OC(=O)c1ccc2c(c1)C(=O)N(C1CCCCC1)C2=O. The molecule has 1 aliphatic carbocycles. The summed E-state index contributed by atoms with van der Waals surface area (Å²) in [5.41, 5.74) is 2.71. The molecule has 34 heavy (non-hydrogen) atoms. The number of para-hydroxylation sites is 1. The Bertz CT molecular complexity index is 1330. The van der Waals surface area contributed by atoms with E-state index < -0.39 is 12.1 Å². The van der Waals surface area contributed by atoms with Crippen LogP contribution in [0.5, 0.6) is 0 Å². The first-order valence-corrected chi connectivity index (χ1v) is 11.7. The molecule has 1 saturated carbocycles. The molecule has 2 aliphatic rings. The van der Waals surface area contributed by atoms with Crippen molar-refractivity contribution >= 4 is 34.5 Å². The van der Waals surface area contributed by atoms with E-state index >= 15 is 0 Å². The van der Waals surface area contributed by atoms with E-state index in [1.54, 1.807) is 0 Å². The number of nitrogens with one attached hydrogen (secondary N) is 1. The summed E-state index contributed by atoms with van der Waals surface area (Å²) in [6.45, 7) is 3.34. The van der Waals surface area contributed by atoms with Crippen LogP contribution in [0.3, 0.4) is 0 Å². The van der Waals surface area contributed by atoms with Gasteiger partial charge in [-0.2, -0.15) is 0 Å². The van der Waals surface area contributed by atoms with Gasteiger partial charge in [0.15, 0.2) is 6.10 Å². The lowest BCUT2D eigenvalue weighted by molar-refractivity contribution is 0.0319. The van der Waals surface area contributed by atoms with Crippen LogP contribution in [-0.2, 0) is 4.74 Å². The maximum absolute atomic E-state index is 13.1. The molecule has 1 atom stereocenters. The molecular formula is C27H26N2O5. The topological polar surface area (TPSA) is 96.5 Å². The van der Waals surface area contributed by atoms with E-state index in [1.165, 1.54) is 30.0 Å². The summed E-state index contributed by atoms with van der Waals surface area (Å²) in [4.78, 5) is 56.4. The summed E-state index contributed by atoms with van der Waals surface area (Å²) in [6.07, 6.45) is 3.72. The lowest BCUT2D eigenvalue weighted by Gasteiger charge is -2.29. The molecule has 0 spiro atoms. The van der Waals surface area contributed by atoms with Crippen LogP contribution < -0.4 is 0 Å². The van der Waals surface area contributed by atoms with Crippen molar-refractivity contribution in [2.45, 2.75) is 58.1 Å². The number of carbonyl (C=O) groups excluding carboxylic acids is 4. The van der Waals surface area contributed by atoms with Crippen LogP contribution in [0.2, 0.25) is 0 Å². The Hall–Kier alpha value is -3.74. The Kier molecular flexibility index (Phi) is 5.55. The number of fused-ring (bicyclic) bond motifs is 2. The predicted octanol–water partition coefficient (Wildman–Crippen LogP) is 4.83. The molecule has 2 amide bonds. The minimum atomic E-state index is -1.02. The molecule has 5 rings (SSSR count). The van der Waals surface area contributed by atoms with Crippen molar-refractivity contribution in [3.63, 3.8) is 0 Å². The van der Waals surface area contributed by atoms with Gasteiger partial charge in [0.2, 0.25) is 5.78 Å². The van der Waals surface area contributed by atoms with E-state index in [0.29, 0.717) is 16.8 Å². The van der Waals surface area contributed by atoms with Gasteiger partial charge >= 0.3 is 5.97 Å². The molecule has 3 aromatic rings. The Morgan fingerprint density at radius 2 is 1.71 bits per heavy atom. The molecule has 0 saturated heterocycles. The zero-order valence-corrected chi connectivity index (χ0v) is 19.2. The smallest absolute Gasteiger partial charge is 0.338 e. The molecule has 0 unspecified atom stereocenters. The Labute approximate surface area is 197 Å². The third kappa shape index (κ3) is 3.61. The van der Waals surface area contributed by atoms with Crippen LogP contribution >= 0.6 is 0 Å². The van der Waals surface area contributed by atoms with Gasteiger partial charge in [-0.15, -0.1) is 0 Å². The van der Waals surface area contributed by atoms with E-state index in [1.807, 2.05) is 31.2 Å². The third-order valence-electron chi connectivity index (χ3n) is 6.89. The average molecular weight is 459 g/mol. The van der Waals surface area contributed by atoms with Crippen molar-refractivity contribution in [3.8, 4) is 0 Å². The van der Waals surface area contributed by atoms with Gasteiger partial charge in [0, 0.05) is 28.2 Å². The van der Waals surface area contributed by atoms with Crippen LogP contribution in [0.4, 0.5) is 0 Å². The summed E-state index contributed by atoms with van der Waals surface area (Å²) < 4.78 is 5.48. The van der Waals surface area contributed by atoms with Crippen LogP contribution in [-0.4, -0.2) is 45.6 Å². The largest absolute Gasteiger partial charge is 0.451 e. The number of benzene rings is 2. The molecule has 7 nitrogen and oxygen atoms in total. The first kappa shape index (κ1) is 22.1. The number of H-pyrrole nitrogens is 1. The number of hydrogen-bond donors (Lipinski definition) is 1. The first-order chi connectivity index (χ1) is 16.4. The van der Waals surface area contributed by atoms with Crippen LogP contribution in [0, 0.1) is 6.92 Å². The van der Waals surface area contributed by atoms with Crippen molar-refractivity contribution in [2.24, 2.45) is 0 Å². The third-order valence-corrected chi connectivity index (χ3v) is 6.89. The van der Waals surface area contributed by atoms with Crippen molar-refractivity contribution in [1.82, 2.24) is 9.88 Å². The molecule has 7 heteroatoms. The monoisotopic (exact) mass is 458 g/mol. The van der Waals surface area contributed by atoms with E-state index in [9.17, 15) is 19.2 Å². The number of Topliss-reactive ketones (excluding diaryl/α,β-unsaturated/α-hetero) is 1. The molecular weight excluding hydrogens is 432 g/mol. The number of aromatic nitrogens is 1. The quantitative estimate of drug-likeness (QED) is 0.335. The first-order valence-electron chi connectivity index (χ1n) is 11.7. The Morgan fingerprint density at radius 3 is 2.47 bits per heavy atom. The second-order valence-electron chi connectivity index (χ2n) is 9.11. The van der Waals surface area contributed by atoms with Crippen molar-refractivity contribution < 1.29 is 23.9 Å².